The second kappa shape index (κ2) is 9.07. The van der Waals surface area contributed by atoms with Gasteiger partial charge in [0.25, 0.3) is 0 Å². The largest absolute Gasteiger partial charge is 0.483 e. The maximum absolute atomic E-state index is 14.8. The fourth-order valence-electron chi connectivity index (χ4n) is 2.32. The van der Waals surface area contributed by atoms with Gasteiger partial charge in [0, 0.05) is 20.3 Å². The van der Waals surface area contributed by atoms with Crippen LogP contribution in [0, 0.1) is 17.5 Å². The second-order valence-corrected chi connectivity index (χ2v) is 5.96. The summed E-state index contributed by atoms with van der Waals surface area (Å²) in [7, 11) is 4.08. The molecule has 0 heterocycles. The summed E-state index contributed by atoms with van der Waals surface area (Å²) in [4.78, 5) is 25.8. The molecule has 0 saturated carbocycles. The molecule has 0 aromatic heterocycles. The minimum Gasteiger partial charge on any atom is -0.483 e. The van der Waals surface area contributed by atoms with Crippen molar-refractivity contribution in [3.63, 3.8) is 0 Å². The van der Waals surface area contributed by atoms with Crippen LogP contribution in [0.5, 0.6) is 5.75 Å². The second-order valence-electron chi connectivity index (χ2n) is 5.96. The highest BCUT2D eigenvalue weighted by atomic mass is 19.2. The van der Waals surface area contributed by atoms with Gasteiger partial charge in [0.05, 0.1) is 12.7 Å². The van der Waals surface area contributed by atoms with Crippen molar-refractivity contribution in [2.24, 2.45) is 0 Å². The van der Waals surface area contributed by atoms with Crippen LogP contribution in [0.4, 0.5) is 13.2 Å². The van der Waals surface area contributed by atoms with E-state index in [0.29, 0.717) is 11.6 Å². The zero-order valence-corrected chi connectivity index (χ0v) is 15.5. The molecule has 0 aliphatic heterocycles. The van der Waals surface area contributed by atoms with E-state index in [-0.39, 0.29) is 6.61 Å². The van der Waals surface area contributed by atoms with Crippen LogP contribution < -0.4 is 4.74 Å². The predicted molar refractivity (Wildman–Crippen MR) is 95.2 cm³/mol. The lowest BCUT2D eigenvalue weighted by molar-refractivity contribution is -0.135. The number of nitrogens with zero attached hydrogens (tertiary/aromatic N) is 1. The third kappa shape index (κ3) is 4.70. The summed E-state index contributed by atoms with van der Waals surface area (Å²) in [5.41, 5.74) is -0.812. The Morgan fingerprint density at radius 1 is 1.07 bits per heavy atom. The smallest absolute Gasteiger partial charge is 0.343 e. The molecule has 0 spiro atoms. The van der Waals surface area contributed by atoms with Gasteiger partial charge in [0.2, 0.25) is 11.6 Å². The van der Waals surface area contributed by atoms with Crippen molar-refractivity contribution < 1.29 is 32.2 Å². The molecule has 0 radical (unpaired) electrons. The van der Waals surface area contributed by atoms with Gasteiger partial charge in [0.1, 0.15) is 12.2 Å². The summed E-state index contributed by atoms with van der Waals surface area (Å²) < 4.78 is 52.5. The Kier molecular flexibility index (Phi) is 6.81. The number of hydrogen-bond acceptors (Lipinski definition) is 5. The number of carbonyl (C=O) groups is 2. The molecule has 0 saturated heterocycles. The molecular formula is C20H18F3NO4. The maximum atomic E-state index is 14.8. The highest BCUT2D eigenvalue weighted by molar-refractivity contribution is 6.24. The van der Waals surface area contributed by atoms with Gasteiger partial charge in [0.15, 0.2) is 17.4 Å². The van der Waals surface area contributed by atoms with E-state index in [9.17, 15) is 22.8 Å². The Morgan fingerprint density at radius 3 is 2.29 bits per heavy atom. The molecule has 28 heavy (non-hydrogen) atoms. The molecule has 2 rings (SSSR count). The van der Waals surface area contributed by atoms with Crippen LogP contribution in [-0.4, -0.2) is 37.9 Å². The predicted octanol–water partition coefficient (Wildman–Crippen LogP) is 3.48. The molecule has 0 fully saturated rings. The summed E-state index contributed by atoms with van der Waals surface area (Å²) in [6, 6.07) is 8.82. The first-order valence-electron chi connectivity index (χ1n) is 8.11. The van der Waals surface area contributed by atoms with E-state index in [0.717, 1.165) is 13.3 Å². The van der Waals surface area contributed by atoms with Crippen LogP contribution in [0.2, 0.25) is 0 Å². The normalized spacial score (nSPS) is 11.1. The number of hydrogen-bond donors (Lipinski definition) is 0. The lowest BCUT2D eigenvalue weighted by Gasteiger charge is -2.13. The Labute approximate surface area is 160 Å². The topological polar surface area (TPSA) is 55.8 Å². The average molecular weight is 393 g/mol. The quantitative estimate of drug-likeness (QED) is 0.180. The Morgan fingerprint density at radius 2 is 1.71 bits per heavy atom. The zero-order chi connectivity index (χ0) is 20.8. The van der Waals surface area contributed by atoms with Crippen molar-refractivity contribution in [3.8, 4) is 5.75 Å². The number of rotatable bonds is 7. The van der Waals surface area contributed by atoms with Crippen LogP contribution in [0.3, 0.4) is 0 Å². The lowest BCUT2D eigenvalue weighted by Crippen LogP contribution is -2.20. The van der Waals surface area contributed by atoms with Gasteiger partial charge in [-0.2, -0.15) is 4.39 Å². The van der Waals surface area contributed by atoms with Crippen LogP contribution in [0.15, 0.2) is 48.2 Å². The Hall–Kier alpha value is -3.29. The first kappa shape index (κ1) is 21.0. The summed E-state index contributed by atoms with van der Waals surface area (Å²) in [6.45, 7) is -0.247. The average Bonchev–Trinajstić information content (AvgIpc) is 2.68. The number of ether oxygens (including phenoxy) is 2. The van der Waals surface area contributed by atoms with Crippen molar-refractivity contribution in [3.05, 3.63) is 76.7 Å². The van der Waals surface area contributed by atoms with Gasteiger partial charge in [-0.15, -0.1) is 0 Å². The van der Waals surface area contributed by atoms with Gasteiger partial charge in [-0.3, -0.25) is 4.79 Å². The van der Waals surface area contributed by atoms with Gasteiger partial charge in [-0.25, -0.2) is 13.6 Å². The van der Waals surface area contributed by atoms with E-state index in [1.165, 1.54) is 19.0 Å². The van der Waals surface area contributed by atoms with Crippen LogP contribution in [0.25, 0.3) is 0 Å². The molecule has 2 aromatic carbocycles. The van der Waals surface area contributed by atoms with E-state index in [4.69, 9.17) is 4.74 Å². The molecule has 0 aliphatic rings. The molecule has 5 nitrogen and oxygen atoms in total. The monoisotopic (exact) mass is 393 g/mol. The van der Waals surface area contributed by atoms with Gasteiger partial charge >= 0.3 is 5.97 Å². The number of esters is 1. The molecule has 0 unspecified atom stereocenters. The minimum absolute atomic E-state index is 0.247. The van der Waals surface area contributed by atoms with Crippen molar-refractivity contribution in [2.75, 3.05) is 21.2 Å². The third-order valence-corrected chi connectivity index (χ3v) is 3.62. The molecular weight excluding hydrogens is 375 g/mol. The molecule has 0 amide bonds. The van der Waals surface area contributed by atoms with Gasteiger partial charge in [-0.1, -0.05) is 30.3 Å². The summed E-state index contributed by atoms with van der Waals surface area (Å²) >= 11 is 0. The van der Waals surface area contributed by atoms with Crippen LogP contribution >= 0.6 is 0 Å². The van der Waals surface area contributed by atoms with Gasteiger partial charge in [-0.05, 0) is 11.6 Å². The molecule has 0 aliphatic carbocycles. The number of methoxy groups -OCH3 is 1. The molecule has 0 atom stereocenters. The first-order chi connectivity index (χ1) is 13.3. The minimum atomic E-state index is -1.57. The fraction of sp³-hybridized carbons (Fsp3) is 0.200. The van der Waals surface area contributed by atoms with Gasteiger partial charge < -0.3 is 14.4 Å². The SMILES string of the molecule is COC(=O)C(=CN(C)C)C(=O)c1cc(F)c(F)c(OCc2ccccc2)c1F. The summed E-state index contributed by atoms with van der Waals surface area (Å²) in [5.74, 6) is -7.71. The standard InChI is InChI=1S/C20H18F3NO4/c1-24(2)10-14(20(26)27-3)18(25)13-9-15(21)17(23)19(16(13)22)28-11-12-7-5-4-6-8-12/h4-10H,11H2,1-3H3. The Bertz CT molecular complexity index is 911. The fourth-order valence-corrected chi connectivity index (χ4v) is 2.32. The molecule has 148 valence electrons. The molecule has 2 aromatic rings. The molecule has 0 N–H and O–H groups in total. The third-order valence-electron chi connectivity index (χ3n) is 3.62. The molecule has 0 bridgehead atoms. The Balaban J connectivity index is 2.46. The maximum Gasteiger partial charge on any atom is 0.343 e. The lowest BCUT2D eigenvalue weighted by atomic mass is 10.0. The number of benzene rings is 2. The van der Waals surface area contributed by atoms with Crippen LogP contribution in [0.1, 0.15) is 15.9 Å². The van der Waals surface area contributed by atoms with Crippen molar-refractivity contribution in [2.45, 2.75) is 6.61 Å². The van der Waals surface area contributed by atoms with E-state index < -0.39 is 46.1 Å². The first-order valence-corrected chi connectivity index (χ1v) is 8.11. The number of halogens is 3. The molecule has 8 heteroatoms. The van der Waals surface area contributed by atoms with E-state index >= 15 is 0 Å². The number of carbonyl (C=O) groups excluding carboxylic acids is 2. The summed E-state index contributed by atoms with van der Waals surface area (Å²) in [5, 5.41) is 0. The summed E-state index contributed by atoms with van der Waals surface area (Å²) in [6.07, 6.45) is 1.10. The van der Waals surface area contributed by atoms with E-state index in [2.05, 4.69) is 4.74 Å². The highest BCUT2D eigenvalue weighted by Gasteiger charge is 2.29. The van der Waals surface area contributed by atoms with E-state index in [1.54, 1.807) is 30.3 Å². The van der Waals surface area contributed by atoms with Crippen molar-refractivity contribution in [1.29, 1.82) is 0 Å². The van der Waals surface area contributed by atoms with Crippen LogP contribution in [-0.2, 0) is 16.1 Å². The highest BCUT2D eigenvalue weighted by Crippen LogP contribution is 2.29. The van der Waals surface area contributed by atoms with E-state index in [1.807, 2.05) is 0 Å². The zero-order valence-electron chi connectivity index (χ0n) is 15.5. The number of Topliss-reactive ketones (excluding diaryl/α,β-unsaturated/α-hetero) is 1. The van der Waals surface area contributed by atoms with Crippen molar-refractivity contribution in [1.82, 2.24) is 4.90 Å². The number of ketones is 1. The van der Waals surface area contributed by atoms with Crippen molar-refractivity contribution >= 4 is 11.8 Å².